The number of aromatic nitrogens is 2. The van der Waals surface area contributed by atoms with Crippen LogP contribution in [-0.2, 0) is 4.79 Å². The Labute approximate surface area is 180 Å². The molecular weight excluding hydrogens is 396 g/mol. The highest BCUT2D eigenvalue weighted by molar-refractivity contribution is 7.99. The van der Waals surface area contributed by atoms with E-state index in [4.69, 9.17) is 0 Å². The standard InChI is InChI=1S/C23H24N4O2S/c1-15-6-7-16(2)20(12-15)27-11-10-24-23(27)30-14-21(28)25-19-5-3-4-17(13-19)22(29)26-18-8-9-18/h3-7,10-13,18H,8-9,14H2,1-2H3,(H,25,28)(H,26,29). The summed E-state index contributed by atoms with van der Waals surface area (Å²) < 4.78 is 2.00. The maximum Gasteiger partial charge on any atom is 0.251 e. The summed E-state index contributed by atoms with van der Waals surface area (Å²) in [5.74, 6) is -0.0193. The Kier molecular flexibility index (Phi) is 5.90. The number of amides is 2. The first-order valence-electron chi connectivity index (χ1n) is 9.94. The van der Waals surface area contributed by atoms with Gasteiger partial charge in [-0.3, -0.25) is 14.2 Å². The summed E-state index contributed by atoms with van der Waals surface area (Å²) in [5, 5.41) is 6.59. The summed E-state index contributed by atoms with van der Waals surface area (Å²) in [6, 6.07) is 13.6. The fourth-order valence-corrected chi connectivity index (χ4v) is 3.89. The SMILES string of the molecule is Cc1ccc(C)c(-n2ccnc2SCC(=O)Nc2cccc(C(=O)NC3CC3)c2)c1. The molecule has 7 heteroatoms. The molecule has 0 aliphatic heterocycles. The molecule has 0 unspecified atom stereocenters. The van der Waals surface area contributed by atoms with Crippen LogP contribution in [0, 0.1) is 13.8 Å². The third-order valence-electron chi connectivity index (χ3n) is 4.88. The Bertz CT molecular complexity index is 1090. The van der Waals surface area contributed by atoms with E-state index in [-0.39, 0.29) is 17.6 Å². The van der Waals surface area contributed by atoms with Gasteiger partial charge in [-0.05, 0) is 62.1 Å². The zero-order valence-electron chi connectivity index (χ0n) is 17.0. The maximum absolute atomic E-state index is 12.5. The van der Waals surface area contributed by atoms with E-state index >= 15 is 0 Å². The van der Waals surface area contributed by atoms with Crippen molar-refractivity contribution >= 4 is 29.3 Å². The molecular formula is C23H24N4O2S. The highest BCUT2D eigenvalue weighted by Gasteiger charge is 2.23. The lowest BCUT2D eigenvalue weighted by Gasteiger charge is -2.12. The largest absolute Gasteiger partial charge is 0.349 e. The lowest BCUT2D eigenvalue weighted by atomic mass is 10.1. The third kappa shape index (κ3) is 4.91. The third-order valence-corrected chi connectivity index (χ3v) is 5.85. The second-order valence-electron chi connectivity index (χ2n) is 7.54. The number of rotatable bonds is 7. The van der Waals surface area contributed by atoms with Gasteiger partial charge in [0.1, 0.15) is 0 Å². The Hall–Kier alpha value is -3.06. The van der Waals surface area contributed by atoms with Crippen molar-refractivity contribution in [2.75, 3.05) is 11.1 Å². The molecule has 1 heterocycles. The average molecular weight is 421 g/mol. The first-order valence-corrected chi connectivity index (χ1v) is 10.9. The Morgan fingerprint density at radius 3 is 2.80 bits per heavy atom. The van der Waals surface area contributed by atoms with Crippen LogP contribution in [0.1, 0.15) is 34.3 Å². The van der Waals surface area contributed by atoms with E-state index in [1.165, 1.54) is 17.3 Å². The molecule has 1 aromatic heterocycles. The fraction of sp³-hybridized carbons (Fsp3) is 0.261. The molecule has 0 radical (unpaired) electrons. The number of carbonyl (C=O) groups is 2. The average Bonchev–Trinajstić information content (AvgIpc) is 3.42. The molecule has 2 N–H and O–H groups in total. The second-order valence-corrected chi connectivity index (χ2v) is 8.48. The van der Waals surface area contributed by atoms with Gasteiger partial charge in [-0.1, -0.05) is 30.0 Å². The van der Waals surface area contributed by atoms with Gasteiger partial charge in [-0.15, -0.1) is 0 Å². The van der Waals surface area contributed by atoms with Gasteiger partial charge in [-0.25, -0.2) is 4.98 Å². The predicted molar refractivity (Wildman–Crippen MR) is 119 cm³/mol. The van der Waals surface area contributed by atoms with Gasteiger partial charge in [0.25, 0.3) is 5.91 Å². The molecule has 1 aliphatic carbocycles. The first-order chi connectivity index (χ1) is 14.5. The molecule has 30 heavy (non-hydrogen) atoms. The monoisotopic (exact) mass is 420 g/mol. The van der Waals surface area contributed by atoms with Crippen LogP contribution in [0.4, 0.5) is 5.69 Å². The van der Waals surface area contributed by atoms with Gasteiger partial charge < -0.3 is 10.6 Å². The van der Waals surface area contributed by atoms with Crippen LogP contribution in [-0.4, -0.2) is 33.2 Å². The number of thioether (sulfide) groups is 1. The number of benzene rings is 2. The summed E-state index contributed by atoms with van der Waals surface area (Å²) in [6.07, 6.45) is 5.72. The molecule has 0 atom stereocenters. The second kappa shape index (κ2) is 8.75. The van der Waals surface area contributed by atoms with Crippen molar-refractivity contribution in [3.05, 3.63) is 71.5 Å². The van der Waals surface area contributed by atoms with Crippen molar-refractivity contribution in [1.82, 2.24) is 14.9 Å². The molecule has 154 valence electrons. The minimum atomic E-state index is -0.143. The molecule has 1 aliphatic rings. The van der Waals surface area contributed by atoms with Crippen molar-refractivity contribution in [3.8, 4) is 5.69 Å². The highest BCUT2D eigenvalue weighted by Crippen LogP contribution is 2.24. The van der Waals surface area contributed by atoms with Gasteiger partial charge in [0.2, 0.25) is 5.91 Å². The number of aryl methyl sites for hydroxylation is 2. The Morgan fingerprint density at radius 1 is 1.17 bits per heavy atom. The lowest BCUT2D eigenvalue weighted by Crippen LogP contribution is -2.25. The molecule has 1 saturated carbocycles. The van der Waals surface area contributed by atoms with Gasteiger partial charge >= 0.3 is 0 Å². The lowest BCUT2D eigenvalue weighted by molar-refractivity contribution is -0.113. The number of hydrogen-bond acceptors (Lipinski definition) is 4. The smallest absolute Gasteiger partial charge is 0.251 e. The zero-order chi connectivity index (χ0) is 21.1. The van der Waals surface area contributed by atoms with Crippen molar-refractivity contribution in [2.24, 2.45) is 0 Å². The molecule has 4 rings (SSSR count). The van der Waals surface area contributed by atoms with Crippen molar-refractivity contribution < 1.29 is 9.59 Å². The van der Waals surface area contributed by atoms with Crippen LogP contribution in [0.25, 0.3) is 5.69 Å². The predicted octanol–water partition coefficient (Wildman–Crippen LogP) is 4.11. The number of imidazole rings is 1. The van der Waals surface area contributed by atoms with Crippen molar-refractivity contribution in [1.29, 1.82) is 0 Å². The molecule has 1 fully saturated rings. The number of carbonyl (C=O) groups excluding carboxylic acids is 2. The molecule has 6 nitrogen and oxygen atoms in total. The normalized spacial score (nSPS) is 13.1. The summed E-state index contributed by atoms with van der Waals surface area (Å²) >= 11 is 1.38. The van der Waals surface area contributed by atoms with Gasteiger partial charge in [0.05, 0.1) is 11.4 Å². The van der Waals surface area contributed by atoms with Crippen LogP contribution in [0.5, 0.6) is 0 Å². The zero-order valence-corrected chi connectivity index (χ0v) is 17.8. The van der Waals surface area contributed by atoms with Crippen LogP contribution in [0.2, 0.25) is 0 Å². The minimum absolute atomic E-state index is 0.0986. The van der Waals surface area contributed by atoms with E-state index in [1.807, 2.05) is 10.8 Å². The van der Waals surface area contributed by atoms with Crippen LogP contribution in [0.15, 0.2) is 60.0 Å². The number of nitrogens with zero attached hydrogens (tertiary/aromatic N) is 2. The van der Waals surface area contributed by atoms with Gasteiger partial charge in [0.15, 0.2) is 5.16 Å². The van der Waals surface area contributed by atoms with Gasteiger partial charge in [-0.2, -0.15) is 0 Å². The number of anilines is 1. The summed E-state index contributed by atoms with van der Waals surface area (Å²) in [7, 11) is 0. The first kappa shape index (κ1) is 20.2. The van der Waals surface area contributed by atoms with Crippen LogP contribution >= 0.6 is 11.8 Å². The Balaban J connectivity index is 1.39. The highest BCUT2D eigenvalue weighted by atomic mass is 32.2. The summed E-state index contributed by atoms with van der Waals surface area (Å²) in [6.45, 7) is 4.11. The molecule has 0 saturated heterocycles. The summed E-state index contributed by atoms with van der Waals surface area (Å²) in [5.41, 5.74) is 4.54. The van der Waals surface area contributed by atoms with E-state index in [1.54, 1.807) is 30.5 Å². The van der Waals surface area contributed by atoms with E-state index in [2.05, 4.69) is 47.7 Å². The fourth-order valence-electron chi connectivity index (χ4n) is 3.12. The van der Waals surface area contributed by atoms with Crippen molar-refractivity contribution in [3.63, 3.8) is 0 Å². The van der Waals surface area contributed by atoms with E-state index in [9.17, 15) is 9.59 Å². The Morgan fingerprint density at radius 2 is 2.00 bits per heavy atom. The number of hydrogen-bond donors (Lipinski definition) is 2. The van der Waals surface area contributed by atoms with E-state index in [0.717, 1.165) is 29.2 Å². The van der Waals surface area contributed by atoms with Crippen molar-refractivity contribution in [2.45, 2.75) is 37.9 Å². The minimum Gasteiger partial charge on any atom is -0.349 e. The molecule has 0 bridgehead atoms. The molecule has 2 amide bonds. The van der Waals surface area contributed by atoms with E-state index < -0.39 is 0 Å². The van der Waals surface area contributed by atoms with Crippen LogP contribution in [0.3, 0.4) is 0 Å². The van der Waals surface area contributed by atoms with Gasteiger partial charge in [0, 0.05) is 29.7 Å². The summed E-state index contributed by atoms with van der Waals surface area (Å²) in [4.78, 5) is 29.1. The molecule has 2 aromatic carbocycles. The number of nitrogens with one attached hydrogen (secondary N) is 2. The van der Waals surface area contributed by atoms with E-state index in [0.29, 0.717) is 17.3 Å². The molecule has 0 spiro atoms. The molecule has 3 aromatic rings. The quantitative estimate of drug-likeness (QED) is 0.564. The topological polar surface area (TPSA) is 76.0 Å². The van der Waals surface area contributed by atoms with Crippen LogP contribution < -0.4 is 10.6 Å². The maximum atomic E-state index is 12.5.